The first kappa shape index (κ1) is 21.8. The number of nitrogens with zero attached hydrogens (tertiary/aromatic N) is 1. The number of aromatic nitrogens is 1. The average molecular weight is 466 g/mol. The maximum atomic E-state index is 12.8. The van der Waals surface area contributed by atoms with Crippen LogP contribution in [-0.4, -0.2) is 16.8 Å². The number of furan rings is 1. The zero-order chi connectivity index (χ0) is 22.5. The molecule has 0 fully saturated rings. The van der Waals surface area contributed by atoms with Crippen molar-refractivity contribution in [3.05, 3.63) is 105 Å². The number of thiazole rings is 1. The number of amides is 2. The van der Waals surface area contributed by atoms with E-state index in [1.807, 2.05) is 48.5 Å². The molecule has 1 atom stereocenters. The number of nitrogens with one attached hydrogen (secondary N) is 2. The van der Waals surface area contributed by atoms with Gasteiger partial charge in [-0.15, -0.1) is 11.3 Å². The number of aryl methyl sites for hydroxylation is 1. The zero-order valence-electron chi connectivity index (χ0n) is 17.2. The maximum Gasteiger partial charge on any atom is 0.260 e. The lowest BCUT2D eigenvalue weighted by Gasteiger charge is -2.20. The quantitative estimate of drug-likeness (QED) is 0.383. The normalized spacial score (nSPS) is 11.7. The number of hydrogen-bond donors (Lipinski definition) is 2. The number of anilines is 1. The van der Waals surface area contributed by atoms with E-state index < -0.39 is 0 Å². The van der Waals surface area contributed by atoms with Crippen LogP contribution in [0.2, 0.25) is 5.02 Å². The molecule has 162 valence electrons. The van der Waals surface area contributed by atoms with Gasteiger partial charge < -0.3 is 9.73 Å². The summed E-state index contributed by atoms with van der Waals surface area (Å²) in [5.41, 5.74) is 2.86. The zero-order valence-corrected chi connectivity index (χ0v) is 18.7. The SMILES string of the molecule is Cc1occc1C(=O)Nc1nc(CC(=O)NC(c2ccccc2)c2cccc(Cl)c2)cs1. The van der Waals surface area contributed by atoms with Gasteiger partial charge in [0.05, 0.1) is 30.0 Å². The van der Waals surface area contributed by atoms with Crippen molar-refractivity contribution in [2.24, 2.45) is 0 Å². The molecular formula is C24H20ClN3O3S. The molecule has 0 aliphatic carbocycles. The number of carbonyl (C=O) groups is 2. The fourth-order valence-corrected chi connectivity index (χ4v) is 4.20. The number of carbonyl (C=O) groups excluding carboxylic acids is 2. The van der Waals surface area contributed by atoms with E-state index in [1.165, 1.54) is 17.6 Å². The van der Waals surface area contributed by atoms with Gasteiger partial charge in [0.25, 0.3) is 5.91 Å². The van der Waals surface area contributed by atoms with E-state index in [1.54, 1.807) is 24.4 Å². The van der Waals surface area contributed by atoms with Crippen LogP contribution in [0.15, 0.2) is 76.7 Å². The highest BCUT2D eigenvalue weighted by Gasteiger charge is 2.19. The Morgan fingerprint density at radius 3 is 2.59 bits per heavy atom. The molecule has 0 radical (unpaired) electrons. The van der Waals surface area contributed by atoms with Gasteiger partial charge in [0, 0.05) is 10.4 Å². The lowest BCUT2D eigenvalue weighted by atomic mass is 9.98. The summed E-state index contributed by atoms with van der Waals surface area (Å²) in [5, 5.41) is 8.60. The van der Waals surface area contributed by atoms with Gasteiger partial charge in [-0.1, -0.05) is 54.1 Å². The second-order valence-electron chi connectivity index (χ2n) is 7.13. The minimum Gasteiger partial charge on any atom is -0.469 e. The van der Waals surface area contributed by atoms with Crippen LogP contribution in [0.5, 0.6) is 0 Å². The first-order valence-electron chi connectivity index (χ1n) is 9.89. The van der Waals surface area contributed by atoms with Crippen molar-refractivity contribution in [3.63, 3.8) is 0 Å². The molecule has 32 heavy (non-hydrogen) atoms. The van der Waals surface area contributed by atoms with Crippen LogP contribution in [0.1, 0.15) is 39.0 Å². The van der Waals surface area contributed by atoms with Crippen LogP contribution in [0, 0.1) is 6.92 Å². The highest BCUT2D eigenvalue weighted by atomic mass is 35.5. The van der Waals surface area contributed by atoms with E-state index in [4.69, 9.17) is 16.0 Å². The van der Waals surface area contributed by atoms with Gasteiger partial charge in [-0.2, -0.15) is 0 Å². The molecule has 0 aliphatic rings. The molecule has 4 rings (SSSR count). The van der Waals surface area contributed by atoms with Gasteiger partial charge in [-0.25, -0.2) is 4.98 Å². The minimum atomic E-state index is -0.343. The Morgan fingerprint density at radius 1 is 1.09 bits per heavy atom. The molecular weight excluding hydrogens is 446 g/mol. The molecule has 8 heteroatoms. The van der Waals surface area contributed by atoms with Crippen LogP contribution < -0.4 is 10.6 Å². The summed E-state index contributed by atoms with van der Waals surface area (Å²) in [5.74, 6) is 0.0472. The van der Waals surface area contributed by atoms with E-state index in [0.717, 1.165) is 11.1 Å². The third-order valence-corrected chi connectivity index (χ3v) is 5.88. The second-order valence-corrected chi connectivity index (χ2v) is 8.43. The number of hydrogen-bond acceptors (Lipinski definition) is 5. The smallest absolute Gasteiger partial charge is 0.260 e. The molecule has 2 aromatic heterocycles. The summed E-state index contributed by atoms with van der Waals surface area (Å²) in [7, 11) is 0. The molecule has 0 bridgehead atoms. The first-order valence-corrected chi connectivity index (χ1v) is 11.1. The number of rotatable bonds is 7. The molecule has 0 aliphatic heterocycles. The highest BCUT2D eigenvalue weighted by Crippen LogP contribution is 2.25. The molecule has 1 unspecified atom stereocenters. The van der Waals surface area contributed by atoms with E-state index >= 15 is 0 Å². The summed E-state index contributed by atoms with van der Waals surface area (Å²) >= 11 is 7.44. The molecule has 4 aromatic rings. The van der Waals surface area contributed by atoms with Gasteiger partial charge in [0.2, 0.25) is 5.91 Å². The van der Waals surface area contributed by atoms with Crippen molar-refractivity contribution in [1.29, 1.82) is 0 Å². The van der Waals surface area contributed by atoms with Gasteiger partial charge in [0.1, 0.15) is 5.76 Å². The summed E-state index contributed by atoms with van der Waals surface area (Å²) < 4.78 is 5.16. The van der Waals surface area contributed by atoms with Gasteiger partial charge in [-0.05, 0) is 36.2 Å². The predicted octanol–water partition coefficient (Wildman–Crippen LogP) is 5.40. The fraction of sp³-hybridized carbons (Fsp3) is 0.125. The Balaban J connectivity index is 1.45. The van der Waals surface area contributed by atoms with Crippen LogP contribution in [0.3, 0.4) is 0 Å². The van der Waals surface area contributed by atoms with Gasteiger partial charge >= 0.3 is 0 Å². The summed E-state index contributed by atoms with van der Waals surface area (Å²) in [6, 6.07) is 18.4. The molecule has 0 saturated heterocycles. The third-order valence-electron chi connectivity index (χ3n) is 4.84. The molecule has 2 heterocycles. The van der Waals surface area contributed by atoms with Gasteiger partial charge in [-0.3, -0.25) is 14.9 Å². The van der Waals surface area contributed by atoms with Crippen LogP contribution >= 0.6 is 22.9 Å². The molecule has 2 N–H and O–H groups in total. The first-order chi connectivity index (χ1) is 15.5. The monoisotopic (exact) mass is 465 g/mol. The van der Waals surface area contributed by atoms with Crippen LogP contribution in [0.25, 0.3) is 0 Å². The van der Waals surface area contributed by atoms with Crippen molar-refractivity contribution in [3.8, 4) is 0 Å². The number of halogens is 1. The topological polar surface area (TPSA) is 84.2 Å². The minimum absolute atomic E-state index is 0.0843. The number of benzene rings is 2. The van der Waals surface area contributed by atoms with E-state index in [2.05, 4.69) is 15.6 Å². The molecule has 0 saturated carbocycles. The molecule has 6 nitrogen and oxygen atoms in total. The Hall–Kier alpha value is -3.42. The third kappa shape index (κ3) is 5.25. The summed E-state index contributed by atoms with van der Waals surface area (Å²) in [6.07, 6.45) is 1.55. The molecule has 2 aromatic carbocycles. The Kier molecular flexibility index (Phi) is 6.68. The fourth-order valence-electron chi connectivity index (χ4n) is 3.30. The van der Waals surface area contributed by atoms with E-state index in [0.29, 0.717) is 27.2 Å². The lowest BCUT2D eigenvalue weighted by molar-refractivity contribution is -0.121. The van der Waals surface area contributed by atoms with Crippen LogP contribution in [-0.2, 0) is 11.2 Å². The second kappa shape index (κ2) is 9.80. The Labute approximate surface area is 194 Å². The highest BCUT2D eigenvalue weighted by molar-refractivity contribution is 7.14. The van der Waals surface area contributed by atoms with Crippen molar-refractivity contribution in [1.82, 2.24) is 10.3 Å². The Bertz CT molecular complexity index is 1240. The summed E-state index contributed by atoms with van der Waals surface area (Å²) in [4.78, 5) is 29.5. The van der Waals surface area contributed by atoms with Crippen molar-refractivity contribution in [2.45, 2.75) is 19.4 Å². The maximum absolute atomic E-state index is 12.8. The molecule has 0 spiro atoms. The molecule has 2 amide bonds. The Morgan fingerprint density at radius 2 is 1.88 bits per heavy atom. The average Bonchev–Trinajstić information content (AvgIpc) is 3.41. The standard InChI is InChI=1S/C24H20ClN3O3S/c1-15-20(10-11-31-15)23(30)28-24-26-19(14-32-24)13-21(29)27-22(16-6-3-2-4-7-16)17-8-5-9-18(25)12-17/h2-12,14,22H,13H2,1H3,(H,27,29)(H,26,28,30). The van der Waals surface area contributed by atoms with Crippen molar-refractivity contribution < 1.29 is 14.0 Å². The lowest BCUT2D eigenvalue weighted by Crippen LogP contribution is -2.30. The van der Waals surface area contributed by atoms with Crippen LogP contribution in [0.4, 0.5) is 5.13 Å². The predicted molar refractivity (Wildman–Crippen MR) is 125 cm³/mol. The van der Waals surface area contributed by atoms with E-state index in [-0.39, 0.29) is 24.3 Å². The van der Waals surface area contributed by atoms with Crippen molar-refractivity contribution in [2.75, 3.05) is 5.32 Å². The van der Waals surface area contributed by atoms with Gasteiger partial charge in [0.15, 0.2) is 5.13 Å². The summed E-state index contributed by atoms with van der Waals surface area (Å²) in [6.45, 7) is 1.72. The van der Waals surface area contributed by atoms with E-state index in [9.17, 15) is 9.59 Å². The van der Waals surface area contributed by atoms with Crippen molar-refractivity contribution >= 4 is 39.9 Å². The largest absolute Gasteiger partial charge is 0.469 e.